The van der Waals surface area contributed by atoms with Gasteiger partial charge in [-0.3, -0.25) is 4.79 Å². The molecule has 0 spiro atoms. The summed E-state index contributed by atoms with van der Waals surface area (Å²) in [4.78, 5) is 13.2. The molecule has 0 atom stereocenters. The van der Waals surface area contributed by atoms with E-state index in [2.05, 4.69) is 29.2 Å². The van der Waals surface area contributed by atoms with Crippen molar-refractivity contribution in [2.45, 2.75) is 6.92 Å². The summed E-state index contributed by atoms with van der Waals surface area (Å²) >= 11 is 0. The maximum atomic E-state index is 11.0. The van der Waals surface area contributed by atoms with Gasteiger partial charge in [0.1, 0.15) is 12.4 Å². The van der Waals surface area contributed by atoms with Crippen molar-refractivity contribution in [2.75, 3.05) is 11.5 Å². The summed E-state index contributed by atoms with van der Waals surface area (Å²) in [6, 6.07) is 28.2. The van der Waals surface area contributed by atoms with E-state index in [9.17, 15) is 4.79 Å². The molecule has 0 N–H and O–H groups in total. The summed E-state index contributed by atoms with van der Waals surface area (Å²) in [5, 5.41) is 0. The topological polar surface area (TPSA) is 29.5 Å². The van der Waals surface area contributed by atoms with E-state index in [1.165, 1.54) is 6.92 Å². The highest BCUT2D eigenvalue weighted by atomic mass is 16.5. The van der Waals surface area contributed by atoms with Gasteiger partial charge in [0.2, 0.25) is 0 Å². The number of hydrogen-bond acceptors (Lipinski definition) is 3. The van der Waals surface area contributed by atoms with Gasteiger partial charge in [-0.15, -0.1) is 0 Å². The molecule has 0 saturated heterocycles. The quantitative estimate of drug-likeness (QED) is 0.631. The van der Waals surface area contributed by atoms with Crippen LogP contribution in [0.1, 0.15) is 6.92 Å². The molecule has 3 aromatic rings. The largest absolute Gasteiger partial charge is 0.486 e. The smallest absolute Gasteiger partial charge is 0.167 e. The van der Waals surface area contributed by atoms with Gasteiger partial charge < -0.3 is 9.64 Å². The molecule has 0 aliphatic rings. The molecule has 24 heavy (non-hydrogen) atoms. The van der Waals surface area contributed by atoms with Gasteiger partial charge in [-0.05, 0) is 55.5 Å². The fraction of sp³-hybridized carbons (Fsp3) is 0.0952. The van der Waals surface area contributed by atoms with Crippen LogP contribution in [0, 0.1) is 0 Å². The number of carbonyl (C=O) groups excluding carboxylic acids is 1. The first kappa shape index (κ1) is 15.8. The second kappa shape index (κ2) is 7.47. The maximum absolute atomic E-state index is 11.0. The van der Waals surface area contributed by atoms with E-state index >= 15 is 0 Å². The molecular formula is C21H19NO2. The van der Waals surface area contributed by atoms with E-state index in [1.807, 2.05) is 60.7 Å². The van der Waals surface area contributed by atoms with Crippen molar-refractivity contribution in [1.29, 1.82) is 0 Å². The zero-order chi connectivity index (χ0) is 16.8. The Bertz CT molecular complexity index is 744. The van der Waals surface area contributed by atoms with Gasteiger partial charge in [0, 0.05) is 17.1 Å². The molecule has 3 heteroatoms. The summed E-state index contributed by atoms with van der Waals surface area (Å²) in [6.07, 6.45) is 0. The third kappa shape index (κ3) is 3.82. The molecule has 0 radical (unpaired) electrons. The van der Waals surface area contributed by atoms with Crippen molar-refractivity contribution in [3.8, 4) is 5.75 Å². The first-order valence-electron chi connectivity index (χ1n) is 7.86. The molecule has 3 rings (SSSR count). The van der Waals surface area contributed by atoms with Crippen LogP contribution < -0.4 is 9.64 Å². The second-order valence-electron chi connectivity index (χ2n) is 5.49. The molecule has 0 saturated carbocycles. The summed E-state index contributed by atoms with van der Waals surface area (Å²) in [5.41, 5.74) is 3.20. The first-order chi connectivity index (χ1) is 11.7. The first-order valence-corrected chi connectivity index (χ1v) is 7.86. The molecule has 120 valence electrons. The highest BCUT2D eigenvalue weighted by molar-refractivity contribution is 5.78. The number of nitrogens with zero attached hydrogens (tertiary/aromatic N) is 1. The van der Waals surface area contributed by atoms with Gasteiger partial charge in [0.25, 0.3) is 0 Å². The van der Waals surface area contributed by atoms with Gasteiger partial charge in [0.05, 0.1) is 0 Å². The third-order valence-electron chi connectivity index (χ3n) is 3.57. The number of anilines is 3. The number of Topliss-reactive ketones (excluding diaryl/α,β-unsaturated/α-hetero) is 1. The van der Waals surface area contributed by atoms with E-state index in [4.69, 9.17) is 4.74 Å². The van der Waals surface area contributed by atoms with Crippen LogP contribution in [0.3, 0.4) is 0 Å². The number of rotatable bonds is 6. The van der Waals surface area contributed by atoms with Gasteiger partial charge >= 0.3 is 0 Å². The lowest BCUT2D eigenvalue weighted by Crippen LogP contribution is -2.10. The van der Waals surface area contributed by atoms with E-state index in [-0.39, 0.29) is 12.4 Å². The highest BCUT2D eigenvalue weighted by Crippen LogP contribution is 2.34. The van der Waals surface area contributed by atoms with E-state index < -0.39 is 0 Å². The van der Waals surface area contributed by atoms with Gasteiger partial charge in [-0.2, -0.15) is 0 Å². The van der Waals surface area contributed by atoms with Crippen LogP contribution in [0.4, 0.5) is 17.1 Å². The van der Waals surface area contributed by atoms with Crippen LogP contribution in [-0.4, -0.2) is 12.4 Å². The Morgan fingerprint density at radius 3 is 1.67 bits per heavy atom. The van der Waals surface area contributed by atoms with Gasteiger partial charge in [-0.25, -0.2) is 0 Å². The monoisotopic (exact) mass is 317 g/mol. The van der Waals surface area contributed by atoms with Crippen LogP contribution >= 0.6 is 0 Å². The Balaban J connectivity index is 1.93. The van der Waals surface area contributed by atoms with Gasteiger partial charge in [-0.1, -0.05) is 36.4 Å². The summed E-state index contributed by atoms with van der Waals surface area (Å²) < 4.78 is 5.45. The van der Waals surface area contributed by atoms with Crippen molar-refractivity contribution in [1.82, 2.24) is 0 Å². The summed E-state index contributed by atoms with van der Waals surface area (Å²) in [6.45, 7) is 1.61. The average molecular weight is 317 g/mol. The number of ketones is 1. The maximum Gasteiger partial charge on any atom is 0.167 e. The van der Waals surface area contributed by atoms with Crippen molar-refractivity contribution >= 4 is 22.8 Å². The molecule has 3 aromatic carbocycles. The Kier molecular flexibility index (Phi) is 4.92. The Hall–Kier alpha value is -3.07. The molecule has 0 unspecified atom stereocenters. The Morgan fingerprint density at radius 1 is 0.750 bits per heavy atom. The molecule has 0 aliphatic carbocycles. The summed E-state index contributed by atoms with van der Waals surface area (Å²) in [5.74, 6) is 0.698. The van der Waals surface area contributed by atoms with Crippen molar-refractivity contribution in [2.24, 2.45) is 0 Å². The average Bonchev–Trinajstić information content (AvgIpc) is 2.63. The fourth-order valence-electron chi connectivity index (χ4n) is 2.48. The zero-order valence-corrected chi connectivity index (χ0v) is 13.6. The minimum atomic E-state index is 0.00859. The molecular weight excluding hydrogens is 298 g/mol. The SMILES string of the molecule is CC(=O)COc1ccc(N(c2ccccc2)c2ccccc2)cc1. The number of ether oxygens (including phenoxy) is 1. The predicted octanol–water partition coefficient (Wildman–Crippen LogP) is 5.12. The lowest BCUT2D eigenvalue weighted by molar-refractivity contribution is -0.118. The Labute approximate surface area is 142 Å². The van der Waals surface area contributed by atoms with E-state index in [1.54, 1.807) is 0 Å². The van der Waals surface area contributed by atoms with Crippen LogP contribution in [0.15, 0.2) is 84.9 Å². The molecule has 3 nitrogen and oxygen atoms in total. The molecule has 0 amide bonds. The van der Waals surface area contributed by atoms with Gasteiger partial charge in [0.15, 0.2) is 5.78 Å². The number of carbonyl (C=O) groups is 1. The zero-order valence-electron chi connectivity index (χ0n) is 13.6. The fourth-order valence-corrected chi connectivity index (χ4v) is 2.48. The second-order valence-corrected chi connectivity index (χ2v) is 5.49. The lowest BCUT2D eigenvalue weighted by atomic mass is 10.2. The molecule has 0 fully saturated rings. The minimum Gasteiger partial charge on any atom is -0.486 e. The molecule has 0 bridgehead atoms. The third-order valence-corrected chi connectivity index (χ3v) is 3.57. The number of hydrogen-bond donors (Lipinski definition) is 0. The van der Waals surface area contributed by atoms with E-state index in [0.29, 0.717) is 5.75 Å². The van der Waals surface area contributed by atoms with Crippen molar-refractivity contribution in [3.05, 3.63) is 84.9 Å². The Morgan fingerprint density at radius 2 is 1.21 bits per heavy atom. The molecule has 0 heterocycles. The number of para-hydroxylation sites is 2. The van der Waals surface area contributed by atoms with Crippen LogP contribution in [0.25, 0.3) is 0 Å². The minimum absolute atomic E-state index is 0.00859. The normalized spacial score (nSPS) is 10.2. The highest BCUT2D eigenvalue weighted by Gasteiger charge is 2.11. The van der Waals surface area contributed by atoms with E-state index in [0.717, 1.165) is 17.1 Å². The van der Waals surface area contributed by atoms with Crippen LogP contribution in [-0.2, 0) is 4.79 Å². The molecule has 0 aliphatic heterocycles. The van der Waals surface area contributed by atoms with Crippen molar-refractivity contribution < 1.29 is 9.53 Å². The van der Waals surface area contributed by atoms with Crippen LogP contribution in [0.5, 0.6) is 5.75 Å². The summed E-state index contributed by atoms with van der Waals surface area (Å²) in [7, 11) is 0. The standard InChI is InChI=1S/C21H19NO2/c1-17(23)16-24-21-14-12-20(13-15-21)22(18-8-4-2-5-9-18)19-10-6-3-7-11-19/h2-15H,16H2,1H3. The van der Waals surface area contributed by atoms with Crippen molar-refractivity contribution in [3.63, 3.8) is 0 Å². The molecule has 0 aromatic heterocycles. The number of benzene rings is 3. The van der Waals surface area contributed by atoms with Crippen LogP contribution in [0.2, 0.25) is 0 Å². The predicted molar refractivity (Wildman–Crippen MR) is 97.3 cm³/mol. The lowest BCUT2D eigenvalue weighted by Gasteiger charge is -2.25.